The predicted molar refractivity (Wildman–Crippen MR) is 85.6 cm³/mol. The summed E-state index contributed by atoms with van der Waals surface area (Å²) in [6.45, 7) is 0.419. The van der Waals surface area contributed by atoms with Crippen LogP contribution in [0.25, 0.3) is 0 Å². The van der Waals surface area contributed by atoms with E-state index in [0.29, 0.717) is 18.2 Å². The maximum atomic E-state index is 12.1. The Bertz CT molecular complexity index is 375. The fourth-order valence-corrected chi connectivity index (χ4v) is 4.99. The first-order valence-electron chi connectivity index (χ1n) is 7.75. The second kappa shape index (κ2) is 7.97. The van der Waals surface area contributed by atoms with E-state index in [1.165, 1.54) is 25.7 Å². The van der Waals surface area contributed by atoms with E-state index in [2.05, 4.69) is 4.72 Å². The number of hydrogen-bond donors (Lipinski definition) is 2. The molecule has 3 N–H and O–H groups in total. The molecule has 0 amide bonds. The Hall–Kier alpha value is 0.160. The molecular weight excluding hydrogens is 296 g/mol. The van der Waals surface area contributed by atoms with E-state index < -0.39 is 10.0 Å². The average molecular weight is 325 g/mol. The van der Waals surface area contributed by atoms with Gasteiger partial charge in [0.25, 0.3) is 0 Å². The molecule has 0 aromatic carbocycles. The molecule has 0 saturated heterocycles. The molecule has 0 unspecified atom stereocenters. The highest BCUT2D eigenvalue weighted by atomic mass is 35.5. The van der Waals surface area contributed by atoms with Crippen LogP contribution in [0.3, 0.4) is 0 Å². The van der Waals surface area contributed by atoms with Gasteiger partial charge in [0, 0.05) is 12.1 Å². The Morgan fingerprint density at radius 1 is 1.00 bits per heavy atom. The molecule has 2 aliphatic carbocycles. The minimum atomic E-state index is -3.15. The summed E-state index contributed by atoms with van der Waals surface area (Å²) in [5.41, 5.74) is 5.96. The minimum Gasteiger partial charge on any atom is -0.324 e. The lowest BCUT2D eigenvalue weighted by molar-refractivity contribution is 0.295. The van der Waals surface area contributed by atoms with Crippen LogP contribution in [0.5, 0.6) is 0 Å². The first kappa shape index (κ1) is 18.2. The van der Waals surface area contributed by atoms with Crippen LogP contribution in [0.2, 0.25) is 0 Å². The third-order valence-corrected chi connectivity index (χ3v) is 6.17. The largest absolute Gasteiger partial charge is 0.324 e. The highest BCUT2D eigenvalue weighted by molar-refractivity contribution is 7.89. The van der Waals surface area contributed by atoms with E-state index in [4.69, 9.17) is 5.73 Å². The van der Waals surface area contributed by atoms with Crippen molar-refractivity contribution in [3.63, 3.8) is 0 Å². The topological polar surface area (TPSA) is 72.2 Å². The SMILES string of the molecule is Cl.NC1(CNS(=O)(=O)CC2CCCCC2)CCCCC1. The van der Waals surface area contributed by atoms with Crippen LogP contribution in [0.15, 0.2) is 0 Å². The molecule has 0 heterocycles. The third kappa shape index (κ3) is 5.88. The van der Waals surface area contributed by atoms with Gasteiger partial charge < -0.3 is 5.73 Å². The fourth-order valence-electron chi connectivity index (χ4n) is 3.41. The Morgan fingerprint density at radius 2 is 1.55 bits per heavy atom. The summed E-state index contributed by atoms with van der Waals surface area (Å²) < 4.78 is 27.0. The van der Waals surface area contributed by atoms with Crippen LogP contribution in [-0.4, -0.2) is 26.3 Å². The second-order valence-corrected chi connectivity index (χ2v) is 8.38. The molecule has 120 valence electrons. The average Bonchev–Trinajstić information content (AvgIpc) is 2.38. The van der Waals surface area contributed by atoms with E-state index in [1.807, 2.05) is 0 Å². The predicted octanol–water partition coefficient (Wildman–Crippen LogP) is 2.57. The Labute approximate surface area is 129 Å². The van der Waals surface area contributed by atoms with Crippen molar-refractivity contribution >= 4 is 22.4 Å². The fraction of sp³-hybridized carbons (Fsp3) is 1.00. The maximum absolute atomic E-state index is 12.1. The van der Waals surface area contributed by atoms with Crippen molar-refractivity contribution in [2.45, 2.75) is 69.7 Å². The van der Waals surface area contributed by atoms with E-state index in [9.17, 15) is 8.42 Å². The van der Waals surface area contributed by atoms with Crippen LogP contribution in [0.1, 0.15) is 64.2 Å². The minimum absolute atomic E-state index is 0. The molecular formula is C14H29ClN2O2S. The summed E-state index contributed by atoms with van der Waals surface area (Å²) in [6.07, 6.45) is 11.1. The van der Waals surface area contributed by atoms with Crippen LogP contribution in [-0.2, 0) is 10.0 Å². The van der Waals surface area contributed by atoms with Crippen LogP contribution < -0.4 is 10.5 Å². The highest BCUT2D eigenvalue weighted by Gasteiger charge is 2.29. The van der Waals surface area contributed by atoms with Crippen molar-refractivity contribution in [1.82, 2.24) is 4.72 Å². The molecule has 4 nitrogen and oxygen atoms in total. The Kier molecular flexibility index (Phi) is 7.25. The number of nitrogens with one attached hydrogen (secondary N) is 1. The molecule has 0 atom stereocenters. The lowest BCUT2D eigenvalue weighted by Crippen LogP contribution is -2.51. The van der Waals surface area contributed by atoms with E-state index >= 15 is 0 Å². The van der Waals surface area contributed by atoms with Gasteiger partial charge >= 0.3 is 0 Å². The van der Waals surface area contributed by atoms with Crippen LogP contribution in [0, 0.1) is 5.92 Å². The summed E-state index contributed by atoms with van der Waals surface area (Å²) in [5.74, 6) is 0.648. The van der Waals surface area contributed by atoms with Crippen molar-refractivity contribution in [2.24, 2.45) is 11.7 Å². The van der Waals surface area contributed by atoms with Gasteiger partial charge in [-0.15, -0.1) is 12.4 Å². The summed E-state index contributed by atoms with van der Waals surface area (Å²) in [6, 6.07) is 0. The molecule has 2 saturated carbocycles. The molecule has 0 radical (unpaired) electrons. The molecule has 0 aromatic heterocycles. The van der Waals surface area contributed by atoms with Gasteiger partial charge in [0.1, 0.15) is 0 Å². The van der Waals surface area contributed by atoms with E-state index in [-0.39, 0.29) is 17.9 Å². The zero-order chi connectivity index (χ0) is 13.8. The van der Waals surface area contributed by atoms with Crippen molar-refractivity contribution in [3.05, 3.63) is 0 Å². The van der Waals surface area contributed by atoms with Gasteiger partial charge in [-0.05, 0) is 31.6 Å². The number of nitrogens with two attached hydrogens (primary N) is 1. The summed E-state index contributed by atoms with van der Waals surface area (Å²) in [5, 5.41) is 0. The molecule has 2 aliphatic rings. The second-order valence-electron chi connectivity index (χ2n) is 6.53. The molecule has 2 rings (SSSR count). The molecule has 2 fully saturated rings. The van der Waals surface area contributed by atoms with Crippen molar-refractivity contribution in [2.75, 3.05) is 12.3 Å². The maximum Gasteiger partial charge on any atom is 0.211 e. The van der Waals surface area contributed by atoms with Gasteiger partial charge in [-0.2, -0.15) is 0 Å². The molecule has 6 heteroatoms. The van der Waals surface area contributed by atoms with Crippen molar-refractivity contribution < 1.29 is 8.42 Å². The standard InChI is InChI=1S/C14H28N2O2S.ClH/c15-14(9-5-2-6-10-14)12-16-19(17,18)11-13-7-3-1-4-8-13;/h13,16H,1-12,15H2;1H. The van der Waals surface area contributed by atoms with Gasteiger partial charge in [0.15, 0.2) is 0 Å². The van der Waals surface area contributed by atoms with E-state index in [0.717, 1.165) is 38.5 Å². The Balaban J connectivity index is 0.00000200. The van der Waals surface area contributed by atoms with Crippen LogP contribution in [0.4, 0.5) is 0 Å². The Morgan fingerprint density at radius 3 is 2.15 bits per heavy atom. The van der Waals surface area contributed by atoms with Gasteiger partial charge in [-0.1, -0.05) is 38.5 Å². The lowest BCUT2D eigenvalue weighted by atomic mass is 9.83. The molecule has 0 aromatic rings. The molecule has 20 heavy (non-hydrogen) atoms. The molecule has 0 aliphatic heterocycles. The van der Waals surface area contributed by atoms with Crippen LogP contribution >= 0.6 is 12.4 Å². The highest BCUT2D eigenvalue weighted by Crippen LogP contribution is 2.26. The number of sulfonamides is 1. The van der Waals surface area contributed by atoms with E-state index in [1.54, 1.807) is 0 Å². The summed E-state index contributed by atoms with van der Waals surface area (Å²) in [4.78, 5) is 0. The first-order chi connectivity index (χ1) is 8.99. The lowest BCUT2D eigenvalue weighted by Gasteiger charge is -2.33. The number of rotatable bonds is 5. The molecule has 0 spiro atoms. The number of halogens is 1. The van der Waals surface area contributed by atoms with Gasteiger partial charge in [-0.3, -0.25) is 0 Å². The zero-order valence-corrected chi connectivity index (χ0v) is 13.9. The zero-order valence-electron chi connectivity index (χ0n) is 12.3. The third-order valence-electron chi connectivity index (χ3n) is 4.67. The summed E-state index contributed by atoms with van der Waals surface area (Å²) >= 11 is 0. The number of hydrogen-bond acceptors (Lipinski definition) is 3. The van der Waals surface area contributed by atoms with Crippen molar-refractivity contribution in [3.8, 4) is 0 Å². The summed E-state index contributed by atoms with van der Waals surface area (Å²) in [7, 11) is -3.15. The first-order valence-corrected chi connectivity index (χ1v) is 9.41. The van der Waals surface area contributed by atoms with Crippen molar-refractivity contribution in [1.29, 1.82) is 0 Å². The van der Waals surface area contributed by atoms with Gasteiger partial charge in [-0.25, -0.2) is 13.1 Å². The molecule has 0 bridgehead atoms. The smallest absolute Gasteiger partial charge is 0.211 e. The normalized spacial score (nSPS) is 24.1. The monoisotopic (exact) mass is 324 g/mol. The van der Waals surface area contributed by atoms with Gasteiger partial charge in [0.05, 0.1) is 5.75 Å². The van der Waals surface area contributed by atoms with Gasteiger partial charge in [0.2, 0.25) is 10.0 Å². The quantitative estimate of drug-likeness (QED) is 0.816.